The first-order chi connectivity index (χ1) is 11.3. The number of halogens is 1. The molecule has 1 aliphatic heterocycles. The fourth-order valence-electron chi connectivity index (χ4n) is 2.58. The van der Waals surface area contributed by atoms with Crippen molar-refractivity contribution in [3.8, 4) is 0 Å². The number of nitrogens with zero attached hydrogens (tertiary/aromatic N) is 4. The van der Waals surface area contributed by atoms with Gasteiger partial charge in [-0.1, -0.05) is 0 Å². The number of hydrogen-bond acceptors (Lipinski definition) is 6. The van der Waals surface area contributed by atoms with Gasteiger partial charge >= 0.3 is 0 Å². The number of aryl methyl sites for hydroxylation is 1. The lowest BCUT2D eigenvalue weighted by molar-refractivity contribution is 0.0685. The van der Waals surface area contributed by atoms with Crippen LogP contribution in [0.25, 0.3) is 0 Å². The average molecular weight is 355 g/mol. The molecule has 0 aromatic carbocycles. The van der Waals surface area contributed by atoms with Crippen molar-refractivity contribution in [2.24, 2.45) is 7.05 Å². The Morgan fingerprint density at radius 3 is 2.83 bits per heavy atom. The Bertz CT molecular complexity index is 823. The monoisotopic (exact) mass is 355 g/mol. The molecule has 24 heavy (non-hydrogen) atoms. The molecule has 0 radical (unpaired) electrons. The number of hydrogen-bond donors (Lipinski definition) is 2. The van der Waals surface area contributed by atoms with Gasteiger partial charge in [-0.15, -0.1) is 0 Å². The Labute approximate surface area is 139 Å². The van der Waals surface area contributed by atoms with Gasteiger partial charge in [-0.3, -0.25) is 0 Å². The molecular weight excluding hydrogens is 337 g/mol. The van der Waals surface area contributed by atoms with Crippen LogP contribution in [0.15, 0.2) is 35.9 Å². The Balaban J connectivity index is 1.64. The molecule has 1 saturated heterocycles. The van der Waals surface area contributed by atoms with Crippen LogP contribution in [0.5, 0.6) is 0 Å². The third-order valence-electron chi connectivity index (χ3n) is 3.92. The predicted molar refractivity (Wildman–Crippen MR) is 84.4 cm³/mol. The van der Waals surface area contributed by atoms with Gasteiger partial charge in [-0.2, -0.15) is 0 Å². The highest BCUT2D eigenvalue weighted by molar-refractivity contribution is 7.89. The van der Waals surface area contributed by atoms with Crippen molar-refractivity contribution in [1.82, 2.24) is 19.3 Å². The Morgan fingerprint density at radius 1 is 1.42 bits per heavy atom. The molecule has 3 heterocycles. The Kier molecular flexibility index (Phi) is 4.28. The highest BCUT2D eigenvalue weighted by Gasteiger charge is 2.38. The Morgan fingerprint density at radius 2 is 2.21 bits per heavy atom. The van der Waals surface area contributed by atoms with Gasteiger partial charge in [0.2, 0.25) is 0 Å². The molecule has 130 valence electrons. The lowest BCUT2D eigenvalue weighted by Gasteiger charge is -2.24. The molecule has 0 amide bonds. The number of nitrogens with one attached hydrogen (secondary N) is 1. The standard InChI is InChI=1S/C14H18FN5O3S/c1-19-7-13(17-10-19)24(22,23)18-8-14(21)4-5-20(9-14)12-3-2-11(15)6-16-12/h2-3,6-7,10,18,21H,4-5,8-9H2,1H3/t14-/m0/s1. The van der Waals surface area contributed by atoms with E-state index in [0.29, 0.717) is 18.8 Å². The quantitative estimate of drug-likeness (QED) is 0.775. The first-order valence-corrected chi connectivity index (χ1v) is 8.82. The summed E-state index contributed by atoms with van der Waals surface area (Å²) in [5.74, 6) is 0.108. The van der Waals surface area contributed by atoms with Crippen LogP contribution in [0.3, 0.4) is 0 Å². The predicted octanol–water partition coefficient (Wildman–Crippen LogP) is -0.126. The number of pyridine rings is 1. The van der Waals surface area contributed by atoms with E-state index < -0.39 is 21.4 Å². The summed E-state index contributed by atoms with van der Waals surface area (Å²) in [6, 6.07) is 2.82. The van der Waals surface area contributed by atoms with Crippen molar-refractivity contribution >= 4 is 15.8 Å². The molecule has 0 unspecified atom stereocenters. The summed E-state index contributed by atoms with van der Waals surface area (Å²) >= 11 is 0. The maximum absolute atomic E-state index is 12.9. The van der Waals surface area contributed by atoms with E-state index >= 15 is 0 Å². The maximum Gasteiger partial charge on any atom is 0.259 e. The van der Waals surface area contributed by atoms with Crippen molar-refractivity contribution in [1.29, 1.82) is 0 Å². The second kappa shape index (κ2) is 6.11. The van der Waals surface area contributed by atoms with E-state index in [9.17, 15) is 17.9 Å². The van der Waals surface area contributed by atoms with Crippen molar-refractivity contribution < 1.29 is 17.9 Å². The van der Waals surface area contributed by atoms with Gasteiger partial charge < -0.3 is 14.6 Å². The molecule has 0 spiro atoms. The zero-order valence-electron chi connectivity index (χ0n) is 13.1. The first-order valence-electron chi connectivity index (χ1n) is 7.34. The van der Waals surface area contributed by atoms with Crippen molar-refractivity contribution in [3.05, 3.63) is 36.7 Å². The molecule has 2 N–H and O–H groups in total. The molecule has 1 fully saturated rings. The number of aliphatic hydroxyl groups is 1. The minimum absolute atomic E-state index is 0.0938. The fraction of sp³-hybridized carbons (Fsp3) is 0.429. The van der Waals surface area contributed by atoms with E-state index in [1.54, 1.807) is 11.9 Å². The molecular formula is C14H18FN5O3S. The second-order valence-corrected chi connectivity index (χ2v) is 7.65. The summed E-state index contributed by atoms with van der Waals surface area (Å²) in [5, 5.41) is 10.5. The Hall–Kier alpha value is -2.04. The molecule has 10 heteroatoms. The van der Waals surface area contributed by atoms with Crippen LogP contribution in [0.4, 0.5) is 10.2 Å². The normalized spacial score (nSPS) is 21.4. The van der Waals surface area contributed by atoms with Gasteiger partial charge in [0.15, 0.2) is 5.03 Å². The zero-order chi connectivity index (χ0) is 17.4. The van der Waals surface area contributed by atoms with Gasteiger partial charge in [0.05, 0.1) is 18.1 Å². The highest BCUT2D eigenvalue weighted by Crippen LogP contribution is 2.25. The van der Waals surface area contributed by atoms with Gasteiger partial charge in [0, 0.05) is 32.9 Å². The van der Waals surface area contributed by atoms with Gasteiger partial charge in [-0.05, 0) is 18.6 Å². The fourth-order valence-corrected chi connectivity index (χ4v) is 3.68. The molecule has 2 aromatic heterocycles. The van der Waals surface area contributed by atoms with Crippen molar-refractivity contribution in [2.45, 2.75) is 17.0 Å². The topological polar surface area (TPSA) is 100 Å². The zero-order valence-corrected chi connectivity index (χ0v) is 13.9. The van der Waals surface area contributed by atoms with Crippen LogP contribution < -0.4 is 9.62 Å². The summed E-state index contributed by atoms with van der Waals surface area (Å²) in [6.07, 6.45) is 4.25. The number of imidazole rings is 1. The van der Waals surface area contributed by atoms with Gasteiger partial charge in [-0.25, -0.2) is 27.5 Å². The molecule has 1 atom stereocenters. The number of β-amino-alcohol motifs (C(OH)–C–C–N with tert-alkyl or cyclic N) is 1. The minimum Gasteiger partial charge on any atom is -0.387 e. The number of anilines is 1. The highest BCUT2D eigenvalue weighted by atomic mass is 32.2. The summed E-state index contributed by atoms with van der Waals surface area (Å²) < 4.78 is 41.2. The average Bonchev–Trinajstić information content (AvgIpc) is 3.14. The second-order valence-electron chi connectivity index (χ2n) is 5.93. The van der Waals surface area contributed by atoms with E-state index in [1.807, 2.05) is 0 Å². The van der Waals surface area contributed by atoms with E-state index in [0.717, 1.165) is 6.20 Å². The third kappa shape index (κ3) is 3.55. The van der Waals surface area contributed by atoms with Crippen LogP contribution in [-0.2, 0) is 17.1 Å². The van der Waals surface area contributed by atoms with Crippen LogP contribution in [0.2, 0.25) is 0 Å². The first kappa shape index (κ1) is 16.8. The molecule has 0 bridgehead atoms. The smallest absolute Gasteiger partial charge is 0.259 e. The molecule has 0 saturated carbocycles. The largest absolute Gasteiger partial charge is 0.387 e. The molecule has 8 nitrogen and oxygen atoms in total. The lowest BCUT2D eigenvalue weighted by Crippen LogP contribution is -2.45. The summed E-state index contributed by atoms with van der Waals surface area (Å²) in [6.45, 7) is 0.570. The maximum atomic E-state index is 12.9. The van der Waals surface area contributed by atoms with E-state index in [4.69, 9.17) is 0 Å². The molecule has 1 aliphatic rings. The van der Waals surface area contributed by atoms with Crippen LogP contribution in [0, 0.1) is 5.82 Å². The molecule has 2 aromatic rings. The van der Waals surface area contributed by atoms with Crippen molar-refractivity contribution in [3.63, 3.8) is 0 Å². The SMILES string of the molecule is Cn1cnc(S(=O)(=O)NC[C@@]2(O)CCN(c3ccc(F)cn3)C2)c1. The number of sulfonamides is 1. The van der Waals surface area contributed by atoms with Gasteiger partial charge in [0.25, 0.3) is 10.0 Å². The number of aromatic nitrogens is 3. The van der Waals surface area contributed by atoms with E-state index in [2.05, 4.69) is 14.7 Å². The lowest BCUT2D eigenvalue weighted by atomic mass is 10.0. The summed E-state index contributed by atoms with van der Waals surface area (Å²) in [4.78, 5) is 9.56. The van der Waals surface area contributed by atoms with Gasteiger partial charge in [0.1, 0.15) is 11.6 Å². The minimum atomic E-state index is -3.78. The third-order valence-corrected chi connectivity index (χ3v) is 5.20. The molecule has 0 aliphatic carbocycles. The number of rotatable bonds is 5. The summed E-state index contributed by atoms with van der Waals surface area (Å²) in [7, 11) is -2.11. The van der Waals surface area contributed by atoms with Crippen LogP contribution in [0.1, 0.15) is 6.42 Å². The van der Waals surface area contributed by atoms with Crippen LogP contribution in [-0.4, -0.2) is 53.3 Å². The van der Waals surface area contributed by atoms with Crippen LogP contribution >= 0.6 is 0 Å². The summed E-state index contributed by atoms with van der Waals surface area (Å²) in [5.41, 5.74) is -1.22. The molecule has 3 rings (SSSR count). The van der Waals surface area contributed by atoms with E-state index in [1.165, 1.54) is 29.2 Å². The van der Waals surface area contributed by atoms with E-state index in [-0.39, 0.29) is 18.1 Å². The van der Waals surface area contributed by atoms with Crippen molar-refractivity contribution in [2.75, 3.05) is 24.5 Å².